The molecule has 0 aliphatic carbocycles. The maximum atomic E-state index is 5.74. The van der Waals surface area contributed by atoms with Crippen LogP contribution in [0.15, 0.2) is 52.9 Å². The van der Waals surface area contributed by atoms with Gasteiger partial charge in [0.15, 0.2) is 5.84 Å². The summed E-state index contributed by atoms with van der Waals surface area (Å²) >= 11 is 1.75. The Kier molecular flexibility index (Phi) is 6.40. The van der Waals surface area contributed by atoms with Crippen molar-refractivity contribution >= 4 is 17.2 Å². The van der Waals surface area contributed by atoms with Crippen molar-refractivity contribution in [3.63, 3.8) is 0 Å². The van der Waals surface area contributed by atoms with Gasteiger partial charge in [-0.15, -0.1) is 11.3 Å². The second-order valence-electron chi connectivity index (χ2n) is 10.3. The van der Waals surface area contributed by atoms with Gasteiger partial charge in [-0.25, -0.2) is 9.97 Å². The van der Waals surface area contributed by atoms with E-state index in [0.717, 1.165) is 59.5 Å². The molecular weight excluding hydrogens is 458 g/mol. The highest BCUT2D eigenvalue weighted by Gasteiger charge is 2.32. The Balaban J connectivity index is 1.32. The largest absolute Gasteiger partial charge is 0.495 e. The number of nitrogens with zero attached hydrogens (tertiary/aromatic N) is 5. The van der Waals surface area contributed by atoms with Crippen molar-refractivity contribution in [2.75, 3.05) is 20.3 Å². The number of benzene rings is 1. The number of aryl methyl sites for hydroxylation is 1. The van der Waals surface area contributed by atoms with Gasteiger partial charge in [-0.3, -0.25) is 0 Å². The Hall–Kier alpha value is -3.13. The molecule has 2 aliphatic rings. The van der Waals surface area contributed by atoms with Gasteiger partial charge in [-0.2, -0.15) is 0 Å². The van der Waals surface area contributed by atoms with E-state index in [1.165, 1.54) is 11.1 Å². The van der Waals surface area contributed by atoms with E-state index >= 15 is 0 Å². The van der Waals surface area contributed by atoms with Crippen LogP contribution in [0.25, 0.3) is 5.69 Å². The Labute approximate surface area is 211 Å². The third kappa shape index (κ3) is 4.98. The minimum absolute atomic E-state index is 0.0682. The zero-order chi connectivity index (χ0) is 24.6. The third-order valence-corrected chi connectivity index (χ3v) is 7.41. The number of oxime groups is 1. The molecule has 0 amide bonds. The van der Waals surface area contributed by atoms with Crippen molar-refractivity contribution in [2.45, 2.75) is 58.4 Å². The van der Waals surface area contributed by atoms with Gasteiger partial charge in [-0.1, -0.05) is 38.1 Å². The number of thiazole rings is 1. The molecule has 2 aromatic heterocycles. The Morgan fingerprint density at radius 3 is 2.83 bits per heavy atom. The molecule has 0 saturated heterocycles. The molecule has 0 bridgehead atoms. The lowest BCUT2D eigenvalue weighted by molar-refractivity contribution is 0.0603. The normalized spacial score (nSPS) is 18.0. The van der Waals surface area contributed by atoms with E-state index in [4.69, 9.17) is 14.6 Å². The molecule has 0 unspecified atom stereocenters. The number of hydrogen-bond donors (Lipinski definition) is 0. The fourth-order valence-electron chi connectivity index (χ4n) is 4.59. The summed E-state index contributed by atoms with van der Waals surface area (Å²) in [5, 5.41) is 7.84. The minimum atomic E-state index is 0.0682. The van der Waals surface area contributed by atoms with Gasteiger partial charge in [0.05, 0.1) is 41.6 Å². The summed E-state index contributed by atoms with van der Waals surface area (Å²) in [6, 6.07) is 6.59. The van der Waals surface area contributed by atoms with Crippen molar-refractivity contribution in [2.24, 2.45) is 5.16 Å². The lowest BCUT2D eigenvalue weighted by Crippen LogP contribution is -2.49. The quantitative estimate of drug-likeness (QED) is 0.482. The maximum Gasteiger partial charge on any atom is 0.171 e. The Morgan fingerprint density at radius 2 is 2.11 bits per heavy atom. The van der Waals surface area contributed by atoms with Crippen molar-refractivity contribution in [1.82, 2.24) is 19.4 Å². The van der Waals surface area contributed by atoms with Gasteiger partial charge in [0, 0.05) is 36.4 Å². The summed E-state index contributed by atoms with van der Waals surface area (Å²) < 4.78 is 7.71. The van der Waals surface area contributed by atoms with Crippen LogP contribution in [0.2, 0.25) is 0 Å². The van der Waals surface area contributed by atoms with Crippen molar-refractivity contribution in [3.05, 3.63) is 69.7 Å². The van der Waals surface area contributed by atoms with E-state index in [1.54, 1.807) is 18.4 Å². The van der Waals surface area contributed by atoms with Crippen LogP contribution in [0.4, 0.5) is 0 Å². The van der Waals surface area contributed by atoms with E-state index in [-0.39, 0.29) is 11.5 Å². The smallest absolute Gasteiger partial charge is 0.171 e. The predicted octanol–water partition coefficient (Wildman–Crippen LogP) is 5.07. The van der Waals surface area contributed by atoms with Crippen LogP contribution in [-0.4, -0.2) is 51.6 Å². The Morgan fingerprint density at radius 1 is 1.26 bits per heavy atom. The van der Waals surface area contributed by atoms with Crippen LogP contribution < -0.4 is 4.74 Å². The summed E-state index contributed by atoms with van der Waals surface area (Å²) in [5.41, 5.74) is 5.55. The summed E-state index contributed by atoms with van der Waals surface area (Å²) in [6.45, 7) is 10.2. The van der Waals surface area contributed by atoms with E-state index in [9.17, 15) is 0 Å². The molecule has 0 fully saturated rings. The summed E-state index contributed by atoms with van der Waals surface area (Å²) in [4.78, 5) is 17.4. The third-order valence-electron chi connectivity index (χ3n) is 6.54. The standard InChI is InChI=1S/C27H33N5O2S/c1-18-14-31(17-28-18)22-9-8-19(12-23(22)33-5)11-20-7-6-10-32-21(15-34-30-26(20)32)13-25-29-24(16-35-25)27(2,3)4/h7-9,12,14,16-17,21H,6,10-11,13,15H2,1-5H3/t21-/m0/s1. The molecule has 0 saturated carbocycles. The molecule has 1 aromatic carbocycles. The number of fused-ring (bicyclic) bond motifs is 1. The maximum absolute atomic E-state index is 5.74. The molecular formula is C27H33N5O2S. The first-order valence-electron chi connectivity index (χ1n) is 12.1. The topological polar surface area (TPSA) is 64.8 Å². The summed E-state index contributed by atoms with van der Waals surface area (Å²) in [6.07, 6.45) is 8.76. The first-order valence-corrected chi connectivity index (χ1v) is 13.0. The molecule has 8 heteroatoms. The van der Waals surface area contributed by atoms with E-state index in [2.05, 4.69) is 65.5 Å². The van der Waals surface area contributed by atoms with E-state index < -0.39 is 0 Å². The first kappa shape index (κ1) is 23.6. The van der Waals surface area contributed by atoms with Crippen LogP contribution in [0, 0.1) is 6.92 Å². The average Bonchev–Trinajstić information content (AvgIpc) is 3.49. The fraction of sp³-hybridized carbons (Fsp3) is 0.444. The zero-order valence-electron chi connectivity index (χ0n) is 21.1. The molecule has 5 rings (SSSR count). The van der Waals surface area contributed by atoms with E-state index in [1.807, 2.05) is 24.0 Å². The highest BCUT2D eigenvalue weighted by atomic mass is 32.1. The molecule has 1 atom stereocenters. The average molecular weight is 492 g/mol. The Bertz CT molecular complexity index is 1270. The van der Waals surface area contributed by atoms with Crippen molar-refractivity contribution in [1.29, 1.82) is 0 Å². The van der Waals surface area contributed by atoms with Gasteiger partial charge in [0.25, 0.3) is 0 Å². The fourth-order valence-corrected chi connectivity index (χ4v) is 5.68. The number of hydrogen-bond acceptors (Lipinski definition) is 7. The monoisotopic (exact) mass is 491 g/mol. The lowest BCUT2D eigenvalue weighted by Gasteiger charge is -2.39. The molecule has 184 valence electrons. The van der Waals surface area contributed by atoms with Gasteiger partial charge in [-0.05, 0) is 36.6 Å². The molecule has 2 aliphatic heterocycles. The number of ether oxygens (including phenoxy) is 1. The van der Waals surface area contributed by atoms with Crippen LogP contribution in [0.1, 0.15) is 49.2 Å². The minimum Gasteiger partial charge on any atom is -0.495 e. The SMILES string of the molecule is COc1cc(CC2=CCCN3C2=NOC[C@@H]3Cc2nc(C(C)(C)C)cs2)ccc1-n1cnc(C)c1. The predicted molar refractivity (Wildman–Crippen MR) is 140 cm³/mol. The zero-order valence-corrected chi connectivity index (χ0v) is 21.9. The number of rotatable bonds is 6. The van der Waals surface area contributed by atoms with Crippen LogP contribution in [0.3, 0.4) is 0 Å². The molecule has 3 aromatic rings. The second-order valence-corrected chi connectivity index (χ2v) is 11.2. The number of aromatic nitrogens is 3. The number of methoxy groups -OCH3 is 1. The highest BCUT2D eigenvalue weighted by Crippen LogP contribution is 2.30. The van der Waals surface area contributed by atoms with Gasteiger partial charge >= 0.3 is 0 Å². The molecule has 0 radical (unpaired) electrons. The molecule has 7 nitrogen and oxygen atoms in total. The number of imidazole rings is 1. The molecule has 35 heavy (non-hydrogen) atoms. The van der Waals surface area contributed by atoms with Crippen LogP contribution in [-0.2, 0) is 23.1 Å². The van der Waals surface area contributed by atoms with Gasteiger partial charge < -0.3 is 19.0 Å². The number of amidine groups is 1. The van der Waals surface area contributed by atoms with Crippen LogP contribution >= 0.6 is 11.3 Å². The highest BCUT2D eigenvalue weighted by molar-refractivity contribution is 7.09. The van der Waals surface area contributed by atoms with Gasteiger partial charge in [0.1, 0.15) is 12.4 Å². The van der Waals surface area contributed by atoms with E-state index in [0.29, 0.717) is 6.61 Å². The first-order chi connectivity index (χ1) is 16.8. The molecule has 0 spiro atoms. The van der Waals surface area contributed by atoms with Crippen LogP contribution in [0.5, 0.6) is 5.75 Å². The summed E-state index contributed by atoms with van der Waals surface area (Å²) in [7, 11) is 1.71. The molecule has 4 heterocycles. The summed E-state index contributed by atoms with van der Waals surface area (Å²) in [5.74, 6) is 1.78. The molecule has 0 N–H and O–H groups in total. The van der Waals surface area contributed by atoms with Crippen molar-refractivity contribution < 1.29 is 9.57 Å². The lowest BCUT2D eigenvalue weighted by atomic mass is 9.93. The van der Waals surface area contributed by atoms with Crippen molar-refractivity contribution in [3.8, 4) is 11.4 Å². The van der Waals surface area contributed by atoms with Gasteiger partial charge in [0.2, 0.25) is 0 Å². The second kappa shape index (κ2) is 9.49.